The monoisotopic (exact) mass is 318 g/mol. The smallest absolute Gasteiger partial charge is 0.339 e. The van der Waals surface area contributed by atoms with E-state index in [-0.39, 0.29) is 22.8 Å². The fourth-order valence-electron chi connectivity index (χ4n) is 1.48. The van der Waals surface area contributed by atoms with E-state index in [1.165, 1.54) is 18.2 Å². The summed E-state index contributed by atoms with van der Waals surface area (Å²) in [6.45, 7) is 0. The van der Waals surface area contributed by atoms with Crippen LogP contribution in [-0.2, 0) is 4.79 Å². The number of rotatable bonds is 3. The number of phenolic OH excluding ortho intramolecular Hbond substituents is 2. The molecule has 7 nitrogen and oxygen atoms in total. The molecular weight excluding hydrogens is 304 g/mol. The van der Waals surface area contributed by atoms with Crippen molar-refractivity contribution >= 4 is 18.0 Å². The second-order valence-electron chi connectivity index (χ2n) is 4.24. The van der Waals surface area contributed by atoms with Crippen molar-refractivity contribution in [2.24, 2.45) is 0 Å². The molecule has 0 saturated carbocycles. The van der Waals surface area contributed by atoms with Crippen LogP contribution in [0.4, 0.5) is 0 Å². The van der Waals surface area contributed by atoms with Gasteiger partial charge in [0.25, 0.3) is 0 Å². The summed E-state index contributed by atoms with van der Waals surface area (Å²) in [6.07, 6.45) is 2.33. The highest BCUT2D eigenvalue weighted by atomic mass is 16.4. The molecule has 120 valence electrons. The van der Waals surface area contributed by atoms with Crippen LogP contribution in [0.15, 0.2) is 48.5 Å². The van der Waals surface area contributed by atoms with Gasteiger partial charge in [0.2, 0.25) is 0 Å². The normalized spacial score (nSPS) is 9.91. The van der Waals surface area contributed by atoms with Gasteiger partial charge in [-0.15, -0.1) is 0 Å². The maximum atomic E-state index is 10.3. The minimum Gasteiger partial charge on any atom is -0.508 e. The lowest BCUT2D eigenvalue weighted by Gasteiger charge is -1.98. The summed E-state index contributed by atoms with van der Waals surface area (Å²) >= 11 is 0. The molecule has 5 N–H and O–H groups in total. The number of carboxylic acids is 2. The van der Waals surface area contributed by atoms with Crippen LogP contribution in [0.1, 0.15) is 15.9 Å². The number of aromatic carboxylic acids is 1. The number of para-hydroxylation sites is 1. The van der Waals surface area contributed by atoms with E-state index >= 15 is 0 Å². The molecule has 0 heterocycles. The molecule has 0 aromatic heterocycles. The lowest BCUT2D eigenvalue weighted by atomic mass is 10.2. The van der Waals surface area contributed by atoms with E-state index in [1.54, 1.807) is 18.2 Å². The fraction of sp³-hybridized carbons (Fsp3) is 0. The zero-order valence-electron chi connectivity index (χ0n) is 11.7. The maximum Gasteiger partial charge on any atom is 0.339 e. The van der Waals surface area contributed by atoms with E-state index in [2.05, 4.69) is 0 Å². The molecule has 0 unspecified atom stereocenters. The first-order valence-electron chi connectivity index (χ1n) is 6.25. The molecule has 0 amide bonds. The van der Waals surface area contributed by atoms with Crippen molar-refractivity contribution in [1.82, 2.24) is 0 Å². The Hall–Kier alpha value is -3.48. The van der Waals surface area contributed by atoms with Gasteiger partial charge in [0.1, 0.15) is 22.8 Å². The predicted octanol–water partition coefficient (Wildman–Crippen LogP) is 2.29. The molecule has 2 rings (SSSR count). The molecule has 2 aromatic carbocycles. The van der Waals surface area contributed by atoms with Crippen molar-refractivity contribution in [2.75, 3.05) is 0 Å². The molecule has 0 fully saturated rings. The summed E-state index contributed by atoms with van der Waals surface area (Å²) in [4.78, 5) is 20.4. The summed E-state index contributed by atoms with van der Waals surface area (Å²) in [5.41, 5.74) is 0.199. The Bertz CT molecular complexity index is 735. The van der Waals surface area contributed by atoms with Gasteiger partial charge in [0.15, 0.2) is 0 Å². The van der Waals surface area contributed by atoms with Crippen molar-refractivity contribution in [1.29, 1.82) is 0 Å². The molecule has 0 atom stereocenters. The number of aliphatic carboxylic acids is 1. The lowest BCUT2D eigenvalue weighted by Crippen LogP contribution is -1.95. The number of benzene rings is 2. The number of hydrogen-bond donors (Lipinski definition) is 5. The Morgan fingerprint density at radius 3 is 2.04 bits per heavy atom. The topological polar surface area (TPSA) is 135 Å². The minimum absolute atomic E-state index is 0.0787. The highest BCUT2D eigenvalue weighted by Gasteiger charge is 2.08. The van der Waals surface area contributed by atoms with Gasteiger partial charge in [-0.05, 0) is 30.3 Å². The van der Waals surface area contributed by atoms with Crippen LogP contribution in [0.2, 0.25) is 0 Å². The van der Waals surface area contributed by atoms with E-state index in [0.717, 1.165) is 18.2 Å². The van der Waals surface area contributed by atoms with Crippen molar-refractivity contribution in [3.05, 3.63) is 59.7 Å². The summed E-state index contributed by atoms with van der Waals surface area (Å²) in [6, 6.07) is 9.85. The first kappa shape index (κ1) is 17.6. The van der Waals surface area contributed by atoms with Crippen molar-refractivity contribution < 1.29 is 35.1 Å². The zero-order chi connectivity index (χ0) is 17.4. The third kappa shape index (κ3) is 5.80. The maximum absolute atomic E-state index is 10.3. The Morgan fingerprint density at radius 1 is 0.870 bits per heavy atom. The van der Waals surface area contributed by atoms with Gasteiger partial charge in [-0.25, -0.2) is 9.59 Å². The number of carbonyl (C=O) groups is 2. The van der Waals surface area contributed by atoms with Crippen LogP contribution < -0.4 is 0 Å². The third-order valence-corrected chi connectivity index (χ3v) is 2.55. The average molecular weight is 318 g/mol. The summed E-state index contributed by atoms with van der Waals surface area (Å²) in [7, 11) is 0. The average Bonchev–Trinajstić information content (AvgIpc) is 2.49. The summed E-state index contributed by atoms with van der Waals surface area (Å²) in [5, 5.41) is 43.6. The SMILES string of the molecule is O=C(O)/C=C/c1ccccc1O.O=C(O)c1cc(O)ccc1O. The van der Waals surface area contributed by atoms with Gasteiger partial charge in [-0.2, -0.15) is 0 Å². The van der Waals surface area contributed by atoms with Gasteiger partial charge < -0.3 is 25.5 Å². The quantitative estimate of drug-likeness (QED) is 0.432. The predicted molar refractivity (Wildman–Crippen MR) is 81.5 cm³/mol. The molecule has 0 spiro atoms. The van der Waals surface area contributed by atoms with E-state index in [4.69, 9.17) is 20.4 Å². The lowest BCUT2D eigenvalue weighted by molar-refractivity contribution is -0.131. The highest BCUT2D eigenvalue weighted by Crippen LogP contribution is 2.21. The third-order valence-electron chi connectivity index (χ3n) is 2.55. The van der Waals surface area contributed by atoms with Crippen LogP contribution >= 0.6 is 0 Å². The second-order valence-corrected chi connectivity index (χ2v) is 4.24. The fourth-order valence-corrected chi connectivity index (χ4v) is 1.48. The Labute approximate surface area is 131 Å². The molecule has 2 aromatic rings. The van der Waals surface area contributed by atoms with Crippen molar-refractivity contribution in [2.45, 2.75) is 0 Å². The van der Waals surface area contributed by atoms with Gasteiger partial charge in [-0.3, -0.25) is 0 Å². The van der Waals surface area contributed by atoms with Crippen molar-refractivity contribution in [3.8, 4) is 17.2 Å². The number of aromatic hydroxyl groups is 3. The molecule has 7 heteroatoms. The van der Waals surface area contributed by atoms with Gasteiger partial charge in [0, 0.05) is 11.6 Å². The largest absolute Gasteiger partial charge is 0.508 e. The Balaban J connectivity index is 0.000000231. The van der Waals surface area contributed by atoms with Crippen LogP contribution in [0.25, 0.3) is 6.08 Å². The molecule has 0 bridgehead atoms. The molecular formula is C16H14O7. The molecule has 0 aliphatic heterocycles. The Morgan fingerprint density at radius 2 is 1.52 bits per heavy atom. The number of carboxylic acid groups (broad SMARTS) is 2. The summed E-state index contributed by atoms with van der Waals surface area (Å²) in [5.74, 6) is -2.75. The Kier molecular flexibility index (Phi) is 6.17. The van der Waals surface area contributed by atoms with Gasteiger partial charge in [-0.1, -0.05) is 18.2 Å². The zero-order valence-corrected chi connectivity index (χ0v) is 11.7. The standard InChI is InChI=1S/C9H8O3.C7H6O4/c10-8-4-2-1-3-7(8)5-6-9(11)12;8-4-1-2-6(9)5(3-4)7(10)11/h1-6,10H,(H,11,12);1-3,8-9H,(H,10,11)/b6-5+;. The first-order chi connectivity index (χ1) is 10.8. The van der Waals surface area contributed by atoms with Crippen LogP contribution in [0.5, 0.6) is 17.2 Å². The van der Waals surface area contributed by atoms with Crippen molar-refractivity contribution in [3.63, 3.8) is 0 Å². The molecule has 0 aliphatic rings. The highest BCUT2D eigenvalue weighted by molar-refractivity contribution is 5.91. The molecule has 0 radical (unpaired) electrons. The number of phenols is 3. The first-order valence-corrected chi connectivity index (χ1v) is 6.25. The van der Waals surface area contributed by atoms with E-state index in [1.807, 2.05) is 0 Å². The molecule has 0 aliphatic carbocycles. The van der Waals surface area contributed by atoms with Gasteiger partial charge in [0.05, 0.1) is 0 Å². The van der Waals surface area contributed by atoms with Gasteiger partial charge >= 0.3 is 11.9 Å². The molecule has 0 saturated heterocycles. The van der Waals surface area contributed by atoms with E-state index in [0.29, 0.717) is 5.56 Å². The van der Waals surface area contributed by atoms with E-state index in [9.17, 15) is 14.7 Å². The van der Waals surface area contributed by atoms with Crippen LogP contribution in [0, 0.1) is 0 Å². The van der Waals surface area contributed by atoms with Crippen LogP contribution in [-0.4, -0.2) is 37.5 Å². The van der Waals surface area contributed by atoms with E-state index < -0.39 is 11.9 Å². The number of hydrogen-bond acceptors (Lipinski definition) is 5. The van der Waals surface area contributed by atoms with Crippen LogP contribution in [0.3, 0.4) is 0 Å². The summed E-state index contributed by atoms with van der Waals surface area (Å²) < 4.78 is 0. The minimum atomic E-state index is -1.27. The second kappa shape index (κ2) is 8.08. The molecule has 23 heavy (non-hydrogen) atoms.